The van der Waals surface area contributed by atoms with Gasteiger partial charge in [0.25, 0.3) is 0 Å². The van der Waals surface area contributed by atoms with E-state index in [1.54, 1.807) is 0 Å². The lowest BCUT2D eigenvalue weighted by Crippen LogP contribution is -1.99. The van der Waals surface area contributed by atoms with Crippen LogP contribution in [0.2, 0.25) is 0 Å². The minimum atomic E-state index is -0.782. The predicted molar refractivity (Wildman–Crippen MR) is 62.3 cm³/mol. The van der Waals surface area contributed by atoms with Crippen LogP contribution in [0.25, 0.3) is 0 Å². The highest BCUT2D eigenvalue weighted by Gasteiger charge is 2.06. The number of carboxylic acids is 1. The van der Waals surface area contributed by atoms with Crippen molar-refractivity contribution in [2.75, 3.05) is 0 Å². The summed E-state index contributed by atoms with van der Waals surface area (Å²) >= 11 is 0. The van der Waals surface area contributed by atoms with E-state index in [1.165, 1.54) is 0 Å². The van der Waals surface area contributed by atoms with Crippen molar-refractivity contribution >= 4 is 5.97 Å². The van der Waals surface area contributed by atoms with Crippen LogP contribution in [0.5, 0.6) is 0 Å². The van der Waals surface area contributed by atoms with E-state index < -0.39 is 12.1 Å². The number of aliphatic hydroxyl groups is 1. The number of rotatable bonds is 6. The number of carboxylic acid groups (broad SMARTS) is 1. The maximum absolute atomic E-state index is 10.4. The molecule has 0 aliphatic heterocycles. The molecular weight excluding hydrogens is 204 g/mol. The van der Waals surface area contributed by atoms with E-state index in [-0.39, 0.29) is 6.42 Å². The normalized spacial score (nSPS) is 12.4. The van der Waals surface area contributed by atoms with Crippen molar-refractivity contribution in [3.8, 4) is 0 Å². The second-order valence-corrected chi connectivity index (χ2v) is 3.94. The predicted octanol–water partition coefficient (Wildman–Crippen LogP) is 2.54. The van der Waals surface area contributed by atoms with Crippen LogP contribution in [-0.2, 0) is 11.2 Å². The first kappa shape index (κ1) is 12.7. The Morgan fingerprint density at radius 2 is 1.94 bits per heavy atom. The molecule has 0 aliphatic carbocycles. The van der Waals surface area contributed by atoms with Crippen LogP contribution in [0.4, 0.5) is 0 Å². The van der Waals surface area contributed by atoms with Gasteiger partial charge in [-0.25, -0.2) is 0 Å². The van der Waals surface area contributed by atoms with Crippen molar-refractivity contribution in [1.82, 2.24) is 0 Å². The zero-order valence-electron chi connectivity index (χ0n) is 9.52. The second kappa shape index (κ2) is 6.28. The molecule has 0 fully saturated rings. The van der Waals surface area contributed by atoms with Gasteiger partial charge in [-0.15, -0.1) is 0 Å². The largest absolute Gasteiger partial charge is 0.481 e. The van der Waals surface area contributed by atoms with E-state index in [1.807, 2.05) is 31.2 Å². The number of aryl methyl sites for hydroxylation is 1. The van der Waals surface area contributed by atoms with Gasteiger partial charge < -0.3 is 10.2 Å². The minimum Gasteiger partial charge on any atom is -0.481 e. The third-order valence-electron chi connectivity index (χ3n) is 2.55. The number of hydrogen-bond donors (Lipinski definition) is 2. The molecule has 1 unspecified atom stereocenters. The summed E-state index contributed by atoms with van der Waals surface area (Å²) in [6.45, 7) is 2.03. The standard InChI is InChI=1S/C13H18O3/c1-2-3-12(14)11-7-4-10(5-8-11)6-9-13(15)16/h4-5,7-8,12,14H,2-3,6,9H2,1H3,(H,15,16). The lowest BCUT2D eigenvalue weighted by molar-refractivity contribution is -0.136. The van der Waals surface area contributed by atoms with Gasteiger partial charge in [0.05, 0.1) is 6.10 Å². The van der Waals surface area contributed by atoms with Gasteiger partial charge in [-0.05, 0) is 24.0 Å². The summed E-state index contributed by atoms with van der Waals surface area (Å²) in [4.78, 5) is 10.4. The summed E-state index contributed by atoms with van der Waals surface area (Å²) < 4.78 is 0. The average Bonchev–Trinajstić information content (AvgIpc) is 2.27. The van der Waals surface area contributed by atoms with Crippen molar-refractivity contribution in [1.29, 1.82) is 0 Å². The lowest BCUT2D eigenvalue weighted by Gasteiger charge is -2.10. The molecule has 0 aliphatic rings. The van der Waals surface area contributed by atoms with Crippen molar-refractivity contribution < 1.29 is 15.0 Å². The van der Waals surface area contributed by atoms with Gasteiger partial charge in [0, 0.05) is 6.42 Å². The van der Waals surface area contributed by atoms with Gasteiger partial charge in [-0.1, -0.05) is 37.6 Å². The first-order valence-electron chi connectivity index (χ1n) is 5.62. The van der Waals surface area contributed by atoms with Gasteiger partial charge in [-0.2, -0.15) is 0 Å². The molecule has 1 aromatic rings. The molecule has 1 aromatic carbocycles. The van der Waals surface area contributed by atoms with Crippen LogP contribution in [-0.4, -0.2) is 16.2 Å². The van der Waals surface area contributed by atoms with E-state index >= 15 is 0 Å². The molecular formula is C13H18O3. The molecule has 88 valence electrons. The van der Waals surface area contributed by atoms with E-state index in [2.05, 4.69) is 0 Å². The first-order valence-corrected chi connectivity index (χ1v) is 5.62. The van der Waals surface area contributed by atoms with E-state index in [0.717, 1.165) is 24.0 Å². The third-order valence-corrected chi connectivity index (χ3v) is 2.55. The molecule has 1 atom stereocenters. The van der Waals surface area contributed by atoms with Crippen LogP contribution in [0.3, 0.4) is 0 Å². The van der Waals surface area contributed by atoms with Gasteiger partial charge in [0.15, 0.2) is 0 Å². The Morgan fingerprint density at radius 3 is 2.44 bits per heavy atom. The summed E-state index contributed by atoms with van der Waals surface area (Å²) in [5.74, 6) is -0.782. The highest BCUT2D eigenvalue weighted by Crippen LogP contribution is 2.18. The summed E-state index contributed by atoms with van der Waals surface area (Å²) in [5.41, 5.74) is 1.90. The molecule has 2 N–H and O–H groups in total. The average molecular weight is 222 g/mol. The van der Waals surface area contributed by atoms with Gasteiger partial charge in [0.2, 0.25) is 0 Å². The highest BCUT2D eigenvalue weighted by atomic mass is 16.4. The van der Waals surface area contributed by atoms with Crippen molar-refractivity contribution in [2.24, 2.45) is 0 Å². The van der Waals surface area contributed by atoms with Crippen molar-refractivity contribution in [3.63, 3.8) is 0 Å². The molecule has 3 nitrogen and oxygen atoms in total. The van der Waals surface area contributed by atoms with Crippen molar-refractivity contribution in [3.05, 3.63) is 35.4 Å². The van der Waals surface area contributed by atoms with Crippen LogP contribution < -0.4 is 0 Å². The van der Waals surface area contributed by atoms with Crippen molar-refractivity contribution in [2.45, 2.75) is 38.7 Å². The van der Waals surface area contributed by atoms with E-state index in [9.17, 15) is 9.90 Å². The number of aliphatic carboxylic acids is 1. The molecule has 0 saturated heterocycles. The molecule has 0 saturated carbocycles. The monoisotopic (exact) mass is 222 g/mol. The van der Waals surface area contributed by atoms with Crippen LogP contribution in [0, 0.1) is 0 Å². The highest BCUT2D eigenvalue weighted by molar-refractivity contribution is 5.67. The quantitative estimate of drug-likeness (QED) is 0.777. The summed E-state index contributed by atoms with van der Waals surface area (Å²) in [5, 5.41) is 18.3. The van der Waals surface area contributed by atoms with E-state index in [0.29, 0.717) is 6.42 Å². The molecule has 0 amide bonds. The van der Waals surface area contributed by atoms with E-state index in [4.69, 9.17) is 5.11 Å². The fraction of sp³-hybridized carbons (Fsp3) is 0.462. The minimum absolute atomic E-state index is 0.150. The van der Waals surface area contributed by atoms with Gasteiger partial charge >= 0.3 is 5.97 Å². The van der Waals surface area contributed by atoms with Crippen LogP contribution in [0.15, 0.2) is 24.3 Å². The molecule has 0 bridgehead atoms. The topological polar surface area (TPSA) is 57.5 Å². The van der Waals surface area contributed by atoms with Gasteiger partial charge in [0.1, 0.15) is 0 Å². The first-order chi connectivity index (χ1) is 7.63. The molecule has 16 heavy (non-hydrogen) atoms. The molecule has 0 radical (unpaired) electrons. The number of carbonyl (C=O) groups is 1. The fourth-order valence-corrected chi connectivity index (χ4v) is 1.60. The Morgan fingerprint density at radius 1 is 1.31 bits per heavy atom. The number of benzene rings is 1. The Kier molecular flexibility index (Phi) is 4.99. The summed E-state index contributed by atoms with van der Waals surface area (Å²) in [6.07, 6.45) is 1.99. The van der Waals surface area contributed by atoms with Crippen LogP contribution in [0.1, 0.15) is 43.4 Å². The molecule has 1 rings (SSSR count). The Balaban J connectivity index is 2.57. The van der Waals surface area contributed by atoms with Gasteiger partial charge in [-0.3, -0.25) is 4.79 Å². The Labute approximate surface area is 95.7 Å². The fourth-order valence-electron chi connectivity index (χ4n) is 1.60. The smallest absolute Gasteiger partial charge is 0.303 e. The Hall–Kier alpha value is -1.35. The molecule has 0 heterocycles. The third kappa shape index (κ3) is 4.03. The SMILES string of the molecule is CCCC(O)c1ccc(CCC(=O)O)cc1. The number of aliphatic hydroxyl groups excluding tert-OH is 1. The summed E-state index contributed by atoms with van der Waals surface area (Å²) in [7, 11) is 0. The van der Waals surface area contributed by atoms with Crippen LogP contribution >= 0.6 is 0 Å². The maximum Gasteiger partial charge on any atom is 0.303 e. The Bertz CT molecular complexity index is 330. The molecule has 0 aromatic heterocycles. The molecule has 0 spiro atoms. The number of hydrogen-bond acceptors (Lipinski definition) is 2. The zero-order chi connectivity index (χ0) is 12.0. The maximum atomic E-state index is 10.4. The molecule has 3 heteroatoms. The summed E-state index contributed by atoms with van der Waals surface area (Å²) in [6, 6.07) is 7.52. The second-order valence-electron chi connectivity index (χ2n) is 3.94. The lowest BCUT2D eigenvalue weighted by atomic mass is 10.0. The zero-order valence-corrected chi connectivity index (χ0v) is 9.52.